The van der Waals surface area contributed by atoms with Gasteiger partial charge in [0.15, 0.2) is 0 Å². The van der Waals surface area contributed by atoms with Crippen LogP contribution in [0.1, 0.15) is 38.3 Å². The van der Waals surface area contributed by atoms with Gasteiger partial charge in [-0.25, -0.2) is 0 Å². The molecular formula is C17H22O. The van der Waals surface area contributed by atoms with Gasteiger partial charge in [-0.2, -0.15) is 0 Å². The Labute approximate surface area is 110 Å². The van der Waals surface area contributed by atoms with E-state index in [0.29, 0.717) is 0 Å². The topological polar surface area (TPSA) is 9.23 Å². The van der Waals surface area contributed by atoms with Gasteiger partial charge in [0.05, 0.1) is 0 Å². The highest BCUT2D eigenvalue weighted by molar-refractivity contribution is 5.39. The second kappa shape index (κ2) is 5.01. The maximum absolute atomic E-state index is 6.22. The van der Waals surface area contributed by atoms with E-state index in [9.17, 15) is 0 Å². The number of hydrogen-bond donors (Lipinski definition) is 0. The average molecular weight is 242 g/mol. The minimum atomic E-state index is 0.190. The van der Waals surface area contributed by atoms with Crippen molar-refractivity contribution in [2.24, 2.45) is 0 Å². The van der Waals surface area contributed by atoms with Crippen molar-refractivity contribution < 1.29 is 4.74 Å². The molecule has 0 saturated carbocycles. The van der Waals surface area contributed by atoms with Gasteiger partial charge in [-0.3, -0.25) is 0 Å². The zero-order chi connectivity index (χ0) is 13.3. The first-order chi connectivity index (χ1) is 8.47. The van der Waals surface area contributed by atoms with Crippen molar-refractivity contribution >= 4 is 0 Å². The van der Waals surface area contributed by atoms with Crippen LogP contribution in [-0.2, 0) is 0 Å². The fraction of sp³-hybridized carbons (Fsp3) is 0.412. The standard InChI is InChI=1S/C17H22O/c1-11-6-7-13(3)16(9-11)18-17-10-12(2)8-14(4)15(17)5/h6-9,17H,10H2,1-5H3. The van der Waals surface area contributed by atoms with Crippen molar-refractivity contribution in [3.63, 3.8) is 0 Å². The minimum Gasteiger partial charge on any atom is -0.485 e. The summed E-state index contributed by atoms with van der Waals surface area (Å²) in [6.07, 6.45) is 3.45. The third kappa shape index (κ3) is 2.66. The second-order valence-electron chi connectivity index (χ2n) is 5.44. The van der Waals surface area contributed by atoms with Crippen LogP contribution < -0.4 is 4.74 Å². The number of allylic oxidation sites excluding steroid dienone is 2. The molecule has 1 aromatic rings. The molecule has 18 heavy (non-hydrogen) atoms. The number of ether oxygens (including phenoxy) is 1. The summed E-state index contributed by atoms with van der Waals surface area (Å²) < 4.78 is 6.22. The molecule has 1 aliphatic carbocycles. The maximum atomic E-state index is 6.22. The lowest BCUT2D eigenvalue weighted by Crippen LogP contribution is -2.22. The summed E-state index contributed by atoms with van der Waals surface area (Å²) in [6, 6.07) is 6.38. The van der Waals surface area contributed by atoms with E-state index in [0.717, 1.165) is 12.2 Å². The zero-order valence-corrected chi connectivity index (χ0v) is 12.0. The predicted octanol–water partition coefficient (Wildman–Crippen LogP) is 4.74. The fourth-order valence-electron chi connectivity index (χ4n) is 2.36. The SMILES string of the molecule is CC1=CC(C)=C(C)C(Oc2cc(C)ccc2C)C1. The van der Waals surface area contributed by atoms with Crippen molar-refractivity contribution in [2.75, 3.05) is 0 Å². The van der Waals surface area contributed by atoms with Gasteiger partial charge in [0.1, 0.15) is 11.9 Å². The van der Waals surface area contributed by atoms with E-state index in [1.54, 1.807) is 0 Å². The van der Waals surface area contributed by atoms with Crippen LogP contribution in [0.2, 0.25) is 0 Å². The Morgan fingerprint density at radius 3 is 2.50 bits per heavy atom. The van der Waals surface area contributed by atoms with Crippen LogP contribution in [0, 0.1) is 13.8 Å². The number of rotatable bonds is 2. The largest absolute Gasteiger partial charge is 0.485 e. The molecular weight excluding hydrogens is 220 g/mol. The molecule has 0 aromatic heterocycles. The van der Waals surface area contributed by atoms with Crippen LogP contribution in [-0.4, -0.2) is 6.10 Å². The van der Waals surface area contributed by atoms with Gasteiger partial charge < -0.3 is 4.74 Å². The van der Waals surface area contributed by atoms with Crippen LogP contribution in [0.5, 0.6) is 5.75 Å². The lowest BCUT2D eigenvalue weighted by Gasteiger charge is -2.26. The Kier molecular flexibility index (Phi) is 3.60. The van der Waals surface area contributed by atoms with Crippen LogP contribution in [0.4, 0.5) is 0 Å². The van der Waals surface area contributed by atoms with Crippen LogP contribution >= 0.6 is 0 Å². The van der Waals surface area contributed by atoms with E-state index in [-0.39, 0.29) is 6.10 Å². The molecule has 0 fully saturated rings. The summed E-state index contributed by atoms with van der Waals surface area (Å²) in [4.78, 5) is 0. The molecule has 1 heteroatoms. The molecule has 0 amide bonds. The Morgan fingerprint density at radius 1 is 1.06 bits per heavy atom. The van der Waals surface area contributed by atoms with Crippen molar-refractivity contribution in [3.8, 4) is 5.75 Å². The molecule has 0 radical (unpaired) electrons. The Balaban J connectivity index is 2.25. The zero-order valence-electron chi connectivity index (χ0n) is 12.0. The second-order valence-corrected chi connectivity index (χ2v) is 5.44. The molecule has 0 N–H and O–H groups in total. The number of benzene rings is 1. The van der Waals surface area contributed by atoms with E-state index in [4.69, 9.17) is 4.74 Å². The smallest absolute Gasteiger partial charge is 0.124 e. The van der Waals surface area contributed by atoms with Crippen molar-refractivity contribution in [2.45, 2.75) is 47.1 Å². The fourth-order valence-corrected chi connectivity index (χ4v) is 2.36. The van der Waals surface area contributed by atoms with Gasteiger partial charge in [0.25, 0.3) is 0 Å². The summed E-state index contributed by atoms with van der Waals surface area (Å²) in [5.41, 5.74) is 6.54. The van der Waals surface area contributed by atoms with Crippen LogP contribution in [0.15, 0.2) is 41.0 Å². The van der Waals surface area contributed by atoms with Gasteiger partial charge in [0, 0.05) is 6.42 Å². The first-order valence-corrected chi connectivity index (χ1v) is 6.56. The molecule has 1 unspecified atom stereocenters. The van der Waals surface area contributed by atoms with E-state index in [2.05, 4.69) is 58.9 Å². The molecule has 0 saturated heterocycles. The predicted molar refractivity (Wildman–Crippen MR) is 77.1 cm³/mol. The van der Waals surface area contributed by atoms with E-state index >= 15 is 0 Å². The highest BCUT2D eigenvalue weighted by Crippen LogP contribution is 2.29. The summed E-state index contributed by atoms with van der Waals surface area (Å²) >= 11 is 0. The molecule has 1 aliphatic rings. The molecule has 1 nitrogen and oxygen atoms in total. The normalized spacial score (nSPS) is 19.8. The monoisotopic (exact) mass is 242 g/mol. The number of hydrogen-bond acceptors (Lipinski definition) is 1. The highest BCUT2D eigenvalue weighted by Gasteiger charge is 2.19. The van der Waals surface area contributed by atoms with Gasteiger partial charge in [0.2, 0.25) is 0 Å². The maximum Gasteiger partial charge on any atom is 0.124 e. The molecule has 1 aromatic carbocycles. The molecule has 0 aliphatic heterocycles. The van der Waals surface area contributed by atoms with Gasteiger partial charge >= 0.3 is 0 Å². The van der Waals surface area contributed by atoms with Crippen LogP contribution in [0.3, 0.4) is 0 Å². The molecule has 0 spiro atoms. The van der Waals surface area contributed by atoms with Gasteiger partial charge in [-0.15, -0.1) is 0 Å². The van der Waals surface area contributed by atoms with Crippen molar-refractivity contribution in [3.05, 3.63) is 52.1 Å². The molecule has 96 valence electrons. The first-order valence-electron chi connectivity index (χ1n) is 6.56. The average Bonchev–Trinajstić information content (AvgIpc) is 2.30. The Bertz CT molecular complexity index is 520. The molecule has 0 heterocycles. The summed E-state index contributed by atoms with van der Waals surface area (Å²) in [5, 5.41) is 0. The summed E-state index contributed by atoms with van der Waals surface area (Å²) in [7, 11) is 0. The van der Waals surface area contributed by atoms with E-state index < -0.39 is 0 Å². The van der Waals surface area contributed by atoms with Gasteiger partial charge in [-0.1, -0.05) is 23.8 Å². The molecule has 1 atom stereocenters. The minimum absolute atomic E-state index is 0.190. The van der Waals surface area contributed by atoms with E-state index in [1.165, 1.54) is 27.8 Å². The summed E-state index contributed by atoms with van der Waals surface area (Å²) in [6.45, 7) is 10.7. The third-order valence-corrected chi connectivity index (χ3v) is 3.69. The Hall–Kier alpha value is -1.50. The van der Waals surface area contributed by atoms with Gasteiger partial charge in [-0.05, 0) is 63.0 Å². The third-order valence-electron chi connectivity index (χ3n) is 3.69. The quantitative estimate of drug-likeness (QED) is 0.728. The lowest BCUT2D eigenvalue weighted by atomic mass is 9.92. The number of aryl methyl sites for hydroxylation is 2. The van der Waals surface area contributed by atoms with Crippen molar-refractivity contribution in [1.29, 1.82) is 0 Å². The van der Waals surface area contributed by atoms with Crippen LogP contribution in [0.25, 0.3) is 0 Å². The Morgan fingerprint density at radius 2 is 1.78 bits per heavy atom. The molecule has 0 bridgehead atoms. The molecule has 2 rings (SSSR count). The first kappa shape index (κ1) is 12.9. The highest BCUT2D eigenvalue weighted by atomic mass is 16.5. The summed E-state index contributed by atoms with van der Waals surface area (Å²) in [5.74, 6) is 1.02. The lowest BCUT2D eigenvalue weighted by molar-refractivity contribution is 0.232. The van der Waals surface area contributed by atoms with Crippen molar-refractivity contribution in [1.82, 2.24) is 0 Å². The van der Waals surface area contributed by atoms with E-state index in [1.807, 2.05) is 0 Å².